The van der Waals surface area contributed by atoms with Gasteiger partial charge in [-0.1, -0.05) is 96.0 Å². The summed E-state index contributed by atoms with van der Waals surface area (Å²) >= 11 is 6.42. The Balaban J connectivity index is 1.19. The predicted octanol–water partition coefficient (Wildman–Crippen LogP) is 7.65. The lowest BCUT2D eigenvalue weighted by Crippen LogP contribution is -2.53. The molecule has 4 aliphatic rings. The standard InChI is InChI=1S/C46H35ClN2O7/c1-56-37-17-9-16-36(50)39(37)40-32-22-23-33-38(44(54)48(42(33)52)30-20-18-27(19-21-30)41(51)26-10-4-2-5-11-26)34(32)25-35-43(53)49(31-15-8-14-29(47)24-31)45(55)46(35,40)28-12-6-3-7-13-28/h2-22,24,33-35,38,40,50H,23,25H2,1H3/t33-,34+,35-,38-,40+,46+/m0/s1. The molecule has 10 heteroatoms. The average Bonchev–Trinajstić information content (AvgIpc) is 3.62. The minimum absolute atomic E-state index is 0.0906. The van der Waals surface area contributed by atoms with E-state index in [0.29, 0.717) is 50.0 Å². The van der Waals surface area contributed by atoms with E-state index in [-0.39, 0.29) is 30.3 Å². The number of nitrogens with zero attached hydrogens (tertiary/aromatic N) is 2. The molecule has 6 atom stereocenters. The molecule has 1 N–H and O–H groups in total. The second-order valence-corrected chi connectivity index (χ2v) is 15.2. The first-order valence-corrected chi connectivity index (χ1v) is 18.9. The number of phenols is 1. The van der Waals surface area contributed by atoms with Crippen LogP contribution in [0.15, 0.2) is 139 Å². The smallest absolute Gasteiger partial charge is 0.246 e. The third-order valence-electron chi connectivity index (χ3n) is 12.1. The van der Waals surface area contributed by atoms with E-state index in [1.807, 2.05) is 42.5 Å². The van der Waals surface area contributed by atoms with Crippen LogP contribution in [0.5, 0.6) is 11.5 Å². The molecule has 3 fully saturated rings. The van der Waals surface area contributed by atoms with Crippen molar-refractivity contribution in [3.63, 3.8) is 0 Å². The molecule has 0 unspecified atom stereocenters. The molecule has 0 radical (unpaired) electrons. The number of phenolic OH excluding ortho intramolecular Hbond substituents is 1. The molecule has 9 nitrogen and oxygen atoms in total. The van der Waals surface area contributed by atoms with Gasteiger partial charge in [-0.15, -0.1) is 0 Å². The number of methoxy groups -OCH3 is 1. The van der Waals surface area contributed by atoms with Crippen molar-refractivity contribution < 1.29 is 33.8 Å². The molecule has 0 spiro atoms. The summed E-state index contributed by atoms with van der Waals surface area (Å²) in [5.41, 5.74) is 1.59. The zero-order valence-electron chi connectivity index (χ0n) is 30.2. The molecular formula is C46H35ClN2O7. The first kappa shape index (κ1) is 35.4. The Morgan fingerprint density at radius 2 is 1.41 bits per heavy atom. The lowest BCUT2D eigenvalue weighted by atomic mass is 9.49. The summed E-state index contributed by atoms with van der Waals surface area (Å²) in [5, 5.41) is 12.1. The molecule has 0 aromatic heterocycles. The van der Waals surface area contributed by atoms with Gasteiger partial charge in [0.2, 0.25) is 23.6 Å². The zero-order chi connectivity index (χ0) is 38.9. The monoisotopic (exact) mass is 762 g/mol. The minimum atomic E-state index is -1.57. The molecule has 2 heterocycles. The number of halogens is 1. The van der Waals surface area contributed by atoms with Gasteiger partial charge in [0.15, 0.2) is 5.78 Å². The van der Waals surface area contributed by atoms with Gasteiger partial charge in [0.05, 0.1) is 41.7 Å². The molecule has 0 bridgehead atoms. The fraction of sp³-hybridized carbons (Fsp3) is 0.196. The Morgan fingerprint density at radius 3 is 2.11 bits per heavy atom. The van der Waals surface area contributed by atoms with Crippen LogP contribution in [0.4, 0.5) is 11.4 Å². The number of anilines is 2. The van der Waals surface area contributed by atoms with Crippen LogP contribution in [0.3, 0.4) is 0 Å². The van der Waals surface area contributed by atoms with Crippen LogP contribution < -0.4 is 14.5 Å². The minimum Gasteiger partial charge on any atom is -0.508 e. The number of rotatable bonds is 7. The first-order chi connectivity index (χ1) is 27.2. The van der Waals surface area contributed by atoms with Crippen LogP contribution >= 0.6 is 11.6 Å². The van der Waals surface area contributed by atoms with E-state index >= 15 is 9.59 Å². The number of benzene rings is 5. The van der Waals surface area contributed by atoms with Gasteiger partial charge in [-0.25, -0.2) is 4.90 Å². The highest BCUT2D eigenvalue weighted by atomic mass is 35.5. The number of hydrogen-bond donors (Lipinski definition) is 1. The van der Waals surface area contributed by atoms with E-state index in [0.717, 1.165) is 0 Å². The van der Waals surface area contributed by atoms with Crippen LogP contribution in [-0.4, -0.2) is 41.6 Å². The summed E-state index contributed by atoms with van der Waals surface area (Å²) in [4.78, 5) is 75.0. The maximum Gasteiger partial charge on any atom is 0.246 e. The lowest BCUT2D eigenvalue weighted by molar-refractivity contribution is -0.127. The van der Waals surface area contributed by atoms with Crippen molar-refractivity contribution in [3.8, 4) is 11.5 Å². The Bertz CT molecular complexity index is 2480. The number of allylic oxidation sites excluding steroid dienone is 2. The molecule has 5 aromatic rings. The molecule has 2 aliphatic heterocycles. The van der Waals surface area contributed by atoms with Crippen molar-refractivity contribution in [1.29, 1.82) is 0 Å². The predicted molar refractivity (Wildman–Crippen MR) is 210 cm³/mol. The Morgan fingerprint density at radius 1 is 0.732 bits per heavy atom. The van der Waals surface area contributed by atoms with Crippen molar-refractivity contribution in [1.82, 2.24) is 0 Å². The number of aromatic hydroxyl groups is 1. The van der Waals surface area contributed by atoms with Gasteiger partial charge >= 0.3 is 0 Å². The van der Waals surface area contributed by atoms with Crippen LogP contribution in [0.25, 0.3) is 0 Å². The largest absolute Gasteiger partial charge is 0.508 e. The van der Waals surface area contributed by atoms with Crippen molar-refractivity contribution in [3.05, 3.63) is 166 Å². The number of fused-ring (bicyclic) bond motifs is 4. The molecule has 56 heavy (non-hydrogen) atoms. The molecule has 1 saturated carbocycles. The number of amides is 4. The van der Waals surface area contributed by atoms with E-state index in [9.17, 15) is 19.5 Å². The number of carbonyl (C=O) groups excluding carboxylic acids is 5. The van der Waals surface area contributed by atoms with Crippen LogP contribution in [0.1, 0.15) is 45.8 Å². The maximum absolute atomic E-state index is 15.5. The van der Waals surface area contributed by atoms with E-state index in [1.165, 1.54) is 23.0 Å². The van der Waals surface area contributed by atoms with Crippen molar-refractivity contribution in [2.45, 2.75) is 24.2 Å². The van der Waals surface area contributed by atoms with Crippen molar-refractivity contribution in [2.75, 3.05) is 16.9 Å². The third-order valence-corrected chi connectivity index (χ3v) is 12.4. The normalized spacial score (nSPS) is 25.4. The topological polar surface area (TPSA) is 121 Å². The van der Waals surface area contributed by atoms with E-state index in [4.69, 9.17) is 16.3 Å². The van der Waals surface area contributed by atoms with Gasteiger partial charge in [-0.2, -0.15) is 0 Å². The zero-order valence-corrected chi connectivity index (χ0v) is 30.9. The van der Waals surface area contributed by atoms with E-state index < -0.39 is 52.7 Å². The average molecular weight is 763 g/mol. The molecular weight excluding hydrogens is 728 g/mol. The van der Waals surface area contributed by atoms with Gasteiger partial charge in [0.1, 0.15) is 11.5 Å². The first-order valence-electron chi connectivity index (χ1n) is 18.5. The highest BCUT2D eigenvalue weighted by Crippen LogP contribution is 2.66. The van der Waals surface area contributed by atoms with Gasteiger partial charge in [-0.05, 0) is 78.9 Å². The Kier molecular flexibility index (Phi) is 8.50. The summed E-state index contributed by atoms with van der Waals surface area (Å²) in [6.45, 7) is 0. The van der Waals surface area contributed by atoms with Gasteiger partial charge < -0.3 is 9.84 Å². The quantitative estimate of drug-likeness (QED) is 0.103. The Hall–Kier alpha value is -6.32. The number of carbonyl (C=O) groups is 5. The number of ether oxygens (including phenoxy) is 1. The summed E-state index contributed by atoms with van der Waals surface area (Å²) in [5.74, 6) is -5.95. The van der Waals surface area contributed by atoms with Crippen LogP contribution in [0, 0.1) is 23.7 Å². The molecule has 9 rings (SSSR count). The second kappa shape index (κ2) is 13.5. The number of ketones is 1. The number of imide groups is 2. The lowest BCUT2D eigenvalue weighted by Gasteiger charge is -2.51. The van der Waals surface area contributed by atoms with E-state index in [2.05, 4.69) is 0 Å². The number of hydrogen-bond acceptors (Lipinski definition) is 7. The fourth-order valence-electron chi connectivity index (χ4n) is 9.83. The molecule has 5 aromatic carbocycles. The van der Waals surface area contributed by atoms with Crippen LogP contribution in [0.2, 0.25) is 5.02 Å². The molecule has 2 aliphatic carbocycles. The van der Waals surface area contributed by atoms with Crippen molar-refractivity contribution in [2.24, 2.45) is 23.7 Å². The van der Waals surface area contributed by atoms with Gasteiger partial charge in [0, 0.05) is 27.6 Å². The van der Waals surface area contributed by atoms with E-state index in [1.54, 1.807) is 84.9 Å². The third kappa shape index (κ3) is 5.10. The summed E-state index contributed by atoms with van der Waals surface area (Å²) in [6.07, 6.45) is 2.22. The van der Waals surface area contributed by atoms with Gasteiger partial charge in [0.25, 0.3) is 0 Å². The highest BCUT2D eigenvalue weighted by Gasteiger charge is 2.71. The maximum atomic E-state index is 15.5. The SMILES string of the molecule is COc1cccc(O)c1[C@H]1C2=CC[C@@H]3C(=O)N(c4ccc(C(=O)c5ccccc5)cc4)C(=O)[C@@H]3[C@@H]2C[C@H]2C(=O)N(c3cccc(Cl)c3)C(=O)[C@@]12c1ccccc1. The van der Waals surface area contributed by atoms with Gasteiger partial charge in [-0.3, -0.25) is 28.9 Å². The molecule has 2 saturated heterocycles. The summed E-state index contributed by atoms with van der Waals surface area (Å²) in [6, 6.07) is 35.8. The molecule has 4 amide bonds. The van der Waals surface area contributed by atoms with Crippen molar-refractivity contribution >= 4 is 52.4 Å². The summed E-state index contributed by atoms with van der Waals surface area (Å²) in [7, 11) is 1.48. The molecule has 278 valence electrons. The highest BCUT2D eigenvalue weighted by molar-refractivity contribution is 6.32. The fourth-order valence-corrected chi connectivity index (χ4v) is 10.0. The Labute approximate surface area is 327 Å². The van der Waals surface area contributed by atoms with Crippen LogP contribution in [-0.2, 0) is 24.6 Å². The second-order valence-electron chi connectivity index (χ2n) is 14.7. The summed E-state index contributed by atoms with van der Waals surface area (Å²) < 4.78 is 5.86.